The van der Waals surface area contributed by atoms with Crippen molar-refractivity contribution in [1.82, 2.24) is 10.6 Å². The number of hydrogen-bond donors (Lipinski definition) is 2. The number of nitrogens with one attached hydrogen (secondary N) is 2. The van der Waals surface area contributed by atoms with Crippen molar-refractivity contribution in [3.8, 4) is 0 Å². The molecule has 0 radical (unpaired) electrons. The summed E-state index contributed by atoms with van der Waals surface area (Å²) in [5.74, 6) is -1.03. The molecule has 1 rings (SSSR count). The Morgan fingerprint density at radius 2 is 1.77 bits per heavy atom. The minimum Gasteiger partial charge on any atom is -0.467 e. The predicted molar refractivity (Wildman–Crippen MR) is 82.2 cm³/mol. The standard InChI is InChI=1S/C16H22N2O4/c1-11(2)9-13(16(21)22-3)18-14(19)10-17-15(20)12-7-5-4-6-8-12/h4-8,11,13H,9-10H2,1-3H3,(H,17,20)(H,18,19)/t13-/m1/s1. The van der Waals surface area contributed by atoms with E-state index in [-0.39, 0.29) is 18.4 Å². The van der Waals surface area contributed by atoms with Gasteiger partial charge in [-0.05, 0) is 24.5 Å². The molecule has 1 atom stereocenters. The number of ether oxygens (including phenoxy) is 1. The number of rotatable bonds is 7. The van der Waals surface area contributed by atoms with E-state index in [0.717, 1.165) is 0 Å². The van der Waals surface area contributed by atoms with Crippen molar-refractivity contribution in [3.63, 3.8) is 0 Å². The molecule has 0 bridgehead atoms. The third-order valence-electron chi connectivity index (χ3n) is 2.97. The summed E-state index contributed by atoms with van der Waals surface area (Å²) < 4.78 is 4.67. The van der Waals surface area contributed by atoms with Crippen molar-refractivity contribution in [1.29, 1.82) is 0 Å². The number of benzene rings is 1. The molecule has 1 aromatic rings. The van der Waals surface area contributed by atoms with Gasteiger partial charge in [0.25, 0.3) is 5.91 Å². The summed E-state index contributed by atoms with van der Waals surface area (Å²) in [5.41, 5.74) is 0.474. The lowest BCUT2D eigenvalue weighted by Gasteiger charge is -2.18. The van der Waals surface area contributed by atoms with Crippen LogP contribution in [0.3, 0.4) is 0 Å². The Morgan fingerprint density at radius 1 is 1.14 bits per heavy atom. The average Bonchev–Trinajstić information content (AvgIpc) is 2.51. The van der Waals surface area contributed by atoms with Crippen LogP contribution in [-0.2, 0) is 14.3 Å². The van der Waals surface area contributed by atoms with Crippen molar-refractivity contribution in [3.05, 3.63) is 35.9 Å². The SMILES string of the molecule is COC(=O)[C@@H](CC(C)C)NC(=O)CNC(=O)c1ccccc1. The lowest BCUT2D eigenvalue weighted by atomic mass is 10.0. The number of esters is 1. The zero-order valence-corrected chi connectivity index (χ0v) is 13.1. The maximum absolute atomic E-state index is 11.9. The van der Waals surface area contributed by atoms with E-state index in [4.69, 9.17) is 0 Å². The van der Waals surface area contributed by atoms with Crippen molar-refractivity contribution in [2.45, 2.75) is 26.3 Å². The van der Waals surface area contributed by atoms with E-state index in [2.05, 4.69) is 15.4 Å². The molecule has 0 spiro atoms. The van der Waals surface area contributed by atoms with Crippen LogP contribution in [0.25, 0.3) is 0 Å². The second-order valence-electron chi connectivity index (χ2n) is 5.32. The number of methoxy groups -OCH3 is 1. The second-order valence-corrected chi connectivity index (χ2v) is 5.32. The molecule has 0 aromatic heterocycles. The Morgan fingerprint density at radius 3 is 2.32 bits per heavy atom. The molecule has 120 valence electrons. The molecule has 0 unspecified atom stereocenters. The predicted octanol–water partition coefficient (Wildman–Crippen LogP) is 1.12. The quantitative estimate of drug-likeness (QED) is 0.739. The van der Waals surface area contributed by atoms with Crippen LogP contribution >= 0.6 is 0 Å². The molecule has 0 fully saturated rings. The summed E-state index contributed by atoms with van der Waals surface area (Å²) in [6.07, 6.45) is 0.477. The third-order valence-corrected chi connectivity index (χ3v) is 2.97. The van der Waals surface area contributed by atoms with Crippen LogP contribution in [0.1, 0.15) is 30.6 Å². The molecule has 6 heteroatoms. The fourth-order valence-electron chi connectivity index (χ4n) is 1.93. The molecule has 6 nitrogen and oxygen atoms in total. The fourth-order valence-corrected chi connectivity index (χ4v) is 1.93. The summed E-state index contributed by atoms with van der Waals surface area (Å²) >= 11 is 0. The molecule has 0 heterocycles. The van der Waals surface area contributed by atoms with E-state index in [0.29, 0.717) is 12.0 Å². The zero-order chi connectivity index (χ0) is 16.5. The highest BCUT2D eigenvalue weighted by molar-refractivity contribution is 5.96. The van der Waals surface area contributed by atoms with Gasteiger partial charge in [-0.15, -0.1) is 0 Å². The van der Waals surface area contributed by atoms with Crippen LogP contribution in [-0.4, -0.2) is 37.5 Å². The number of amides is 2. The van der Waals surface area contributed by atoms with Crippen LogP contribution in [0.4, 0.5) is 0 Å². The van der Waals surface area contributed by atoms with E-state index >= 15 is 0 Å². The van der Waals surface area contributed by atoms with Crippen LogP contribution < -0.4 is 10.6 Å². The molecule has 0 aliphatic rings. The Bertz CT molecular complexity index is 514. The Balaban J connectivity index is 2.50. The topological polar surface area (TPSA) is 84.5 Å². The largest absolute Gasteiger partial charge is 0.467 e. The smallest absolute Gasteiger partial charge is 0.328 e. The van der Waals surface area contributed by atoms with Gasteiger partial charge in [0.1, 0.15) is 6.04 Å². The number of hydrogen-bond acceptors (Lipinski definition) is 4. The van der Waals surface area contributed by atoms with Crippen LogP contribution in [0.5, 0.6) is 0 Å². The number of carbonyl (C=O) groups is 3. The minimum absolute atomic E-state index is 0.195. The molecular formula is C16H22N2O4. The molecule has 0 aliphatic carbocycles. The van der Waals surface area contributed by atoms with Gasteiger partial charge in [-0.1, -0.05) is 32.0 Å². The van der Waals surface area contributed by atoms with Gasteiger partial charge in [0.05, 0.1) is 13.7 Å². The summed E-state index contributed by atoms with van der Waals surface area (Å²) in [5, 5.41) is 5.09. The summed E-state index contributed by atoms with van der Waals surface area (Å²) in [4.78, 5) is 35.3. The molecule has 0 saturated heterocycles. The van der Waals surface area contributed by atoms with Crippen molar-refractivity contribution in [2.24, 2.45) is 5.92 Å². The maximum atomic E-state index is 11.9. The third kappa shape index (κ3) is 5.95. The van der Waals surface area contributed by atoms with Gasteiger partial charge < -0.3 is 15.4 Å². The van der Waals surface area contributed by atoms with Gasteiger partial charge in [-0.25, -0.2) is 4.79 Å². The Labute approximate surface area is 130 Å². The first-order valence-electron chi connectivity index (χ1n) is 7.14. The van der Waals surface area contributed by atoms with Crippen LogP contribution in [0.2, 0.25) is 0 Å². The van der Waals surface area contributed by atoms with E-state index in [1.165, 1.54) is 7.11 Å². The Kier molecular flexibility index (Phi) is 7.08. The second kappa shape index (κ2) is 8.81. The molecule has 2 N–H and O–H groups in total. The number of carbonyl (C=O) groups excluding carboxylic acids is 3. The van der Waals surface area contributed by atoms with Gasteiger partial charge >= 0.3 is 5.97 Å². The first-order chi connectivity index (χ1) is 10.4. The van der Waals surface area contributed by atoms with Gasteiger partial charge in [-0.3, -0.25) is 9.59 Å². The normalized spacial score (nSPS) is 11.6. The van der Waals surface area contributed by atoms with E-state index in [1.807, 2.05) is 13.8 Å². The van der Waals surface area contributed by atoms with Gasteiger partial charge in [0.2, 0.25) is 5.91 Å². The van der Waals surface area contributed by atoms with Crippen molar-refractivity contribution >= 4 is 17.8 Å². The highest BCUT2D eigenvalue weighted by Gasteiger charge is 2.22. The molecular weight excluding hydrogens is 284 g/mol. The molecule has 2 amide bonds. The molecule has 0 saturated carbocycles. The highest BCUT2D eigenvalue weighted by atomic mass is 16.5. The summed E-state index contributed by atoms with van der Waals surface area (Å²) in [6.45, 7) is 3.69. The van der Waals surface area contributed by atoms with E-state index in [9.17, 15) is 14.4 Å². The van der Waals surface area contributed by atoms with Crippen LogP contribution in [0.15, 0.2) is 30.3 Å². The van der Waals surface area contributed by atoms with E-state index in [1.54, 1.807) is 30.3 Å². The molecule has 22 heavy (non-hydrogen) atoms. The first kappa shape index (κ1) is 17.7. The lowest BCUT2D eigenvalue weighted by Crippen LogP contribution is -2.46. The molecule has 0 aliphatic heterocycles. The Hall–Kier alpha value is -2.37. The monoisotopic (exact) mass is 306 g/mol. The minimum atomic E-state index is -0.703. The van der Waals surface area contributed by atoms with Crippen molar-refractivity contribution in [2.75, 3.05) is 13.7 Å². The van der Waals surface area contributed by atoms with Gasteiger partial charge in [-0.2, -0.15) is 0 Å². The average molecular weight is 306 g/mol. The van der Waals surface area contributed by atoms with Crippen LogP contribution in [0, 0.1) is 5.92 Å². The maximum Gasteiger partial charge on any atom is 0.328 e. The van der Waals surface area contributed by atoms with Gasteiger partial charge in [0.15, 0.2) is 0 Å². The zero-order valence-electron chi connectivity index (χ0n) is 13.1. The van der Waals surface area contributed by atoms with E-state index < -0.39 is 17.9 Å². The molecule has 1 aromatic carbocycles. The summed E-state index contributed by atoms with van der Waals surface area (Å²) in [7, 11) is 1.28. The highest BCUT2D eigenvalue weighted by Crippen LogP contribution is 2.06. The van der Waals surface area contributed by atoms with Gasteiger partial charge in [0, 0.05) is 5.56 Å². The fraction of sp³-hybridized carbons (Fsp3) is 0.438. The summed E-state index contributed by atoms with van der Waals surface area (Å²) in [6, 6.07) is 7.89. The van der Waals surface area contributed by atoms with Crippen molar-refractivity contribution < 1.29 is 19.1 Å². The first-order valence-corrected chi connectivity index (χ1v) is 7.14. The lowest BCUT2D eigenvalue weighted by molar-refractivity contribution is -0.145.